The van der Waals surface area contributed by atoms with Crippen molar-refractivity contribution in [2.75, 3.05) is 12.4 Å². The summed E-state index contributed by atoms with van der Waals surface area (Å²) in [5.74, 6) is 1.05. The molecule has 2 rings (SSSR count). The predicted molar refractivity (Wildman–Crippen MR) is 83.8 cm³/mol. The van der Waals surface area contributed by atoms with Crippen molar-refractivity contribution in [3.8, 4) is 11.5 Å². The third-order valence-electron chi connectivity index (χ3n) is 2.66. The van der Waals surface area contributed by atoms with Crippen molar-refractivity contribution >= 4 is 37.5 Å². The molecule has 2 aromatic rings. The Labute approximate surface area is 128 Å². The molecule has 0 aromatic heterocycles. The Balaban J connectivity index is 2.05. The summed E-state index contributed by atoms with van der Waals surface area (Å²) < 4.78 is 6.46. The van der Waals surface area contributed by atoms with Gasteiger partial charge in [0.05, 0.1) is 16.1 Å². The van der Waals surface area contributed by atoms with Crippen LogP contribution in [0.5, 0.6) is 11.5 Å². The van der Waals surface area contributed by atoms with Crippen LogP contribution >= 0.6 is 31.9 Å². The zero-order valence-corrected chi connectivity index (χ0v) is 13.5. The number of hydrogen-bond donors (Lipinski definition) is 2. The van der Waals surface area contributed by atoms with Crippen LogP contribution in [0.3, 0.4) is 0 Å². The highest BCUT2D eigenvalue weighted by atomic mass is 79.9. The molecular formula is C14H13Br2NO2. The second-order valence-electron chi connectivity index (χ2n) is 3.99. The summed E-state index contributed by atoms with van der Waals surface area (Å²) in [6, 6.07) is 11.5. The van der Waals surface area contributed by atoms with E-state index in [2.05, 4.69) is 37.2 Å². The second kappa shape index (κ2) is 6.30. The minimum atomic E-state index is 0.216. The van der Waals surface area contributed by atoms with Gasteiger partial charge >= 0.3 is 0 Å². The van der Waals surface area contributed by atoms with E-state index in [0.717, 1.165) is 17.0 Å². The molecule has 0 aliphatic rings. The summed E-state index contributed by atoms with van der Waals surface area (Å²) in [5, 5.41) is 13.0. The zero-order valence-electron chi connectivity index (χ0n) is 10.3. The molecule has 0 atom stereocenters. The summed E-state index contributed by atoms with van der Waals surface area (Å²) in [7, 11) is 1.65. The number of phenolic OH excluding ortho intramolecular Hbond substituents is 1. The van der Waals surface area contributed by atoms with Crippen LogP contribution in [-0.2, 0) is 6.54 Å². The van der Waals surface area contributed by atoms with Gasteiger partial charge in [-0.25, -0.2) is 0 Å². The first-order valence-electron chi connectivity index (χ1n) is 5.65. The maximum absolute atomic E-state index is 9.65. The Morgan fingerprint density at radius 2 is 1.68 bits per heavy atom. The van der Waals surface area contributed by atoms with Gasteiger partial charge in [0.2, 0.25) is 0 Å². The molecule has 2 N–H and O–H groups in total. The maximum Gasteiger partial charge on any atom is 0.143 e. The number of benzene rings is 2. The van der Waals surface area contributed by atoms with E-state index >= 15 is 0 Å². The lowest BCUT2D eigenvalue weighted by Gasteiger charge is -2.09. The van der Waals surface area contributed by atoms with Crippen LogP contribution in [0.1, 0.15) is 5.56 Å². The maximum atomic E-state index is 9.65. The highest BCUT2D eigenvalue weighted by Crippen LogP contribution is 2.33. The van der Waals surface area contributed by atoms with Crippen LogP contribution in [0.4, 0.5) is 5.69 Å². The Kier molecular flexibility index (Phi) is 4.71. The van der Waals surface area contributed by atoms with Gasteiger partial charge in [0, 0.05) is 12.2 Å². The van der Waals surface area contributed by atoms with Crippen molar-refractivity contribution in [2.24, 2.45) is 0 Å². The minimum absolute atomic E-state index is 0.216. The number of nitrogens with one attached hydrogen (secondary N) is 1. The quantitative estimate of drug-likeness (QED) is 0.810. The molecule has 2 aromatic carbocycles. The fraction of sp³-hybridized carbons (Fsp3) is 0.143. The molecule has 5 heteroatoms. The average Bonchev–Trinajstić information content (AvgIpc) is 2.43. The zero-order chi connectivity index (χ0) is 13.8. The minimum Gasteiger partial charge on any atom is -0.506 e. The van der Waals surface area contributed by atoms with Crippen LogP contribution in [0.2, 0.25) is 0 Å². The molecule has 0 heterocycles. The summed E-state index contributed by atoms with van der Waals surface area (Å²) in [4.78, 5) is 0. The number of ether oxygens (including phenoxy) is 1. The molecule has 0 radical (unpaired) electrons. The molecule has 3 nitrogen and oxygen atoms in total. The molecular weight excluding hydrogens is 374 g/mol. The van der Waals surface area contributed by atoms with Crippen LogP contribution < -0.4 is 10.1 Å². The Hall–Kier alpha value is -1.20. The molecule has 19 heavy (non-hydrogen) atoms. The van der Waals surface area contributed by atoms with Gasteiger partial charge in [-0.15, -0.1) is 0 Å². The van der Waals surface area contributed by atoms with Crippen molar-refractivity contribution in [2.45, 2.75) is 6.54 Å². The van der Waals surface area contributed by atoms with Gasteiger partial charge in [0.15, 0.2) is 0 Å². The van der Waals surface area contributed by atoms with E-state index in [1.807, 2.05) is 36.4 Å². The molecule has 0 fully saturated rings. The largest absolute Gasteiger partial charge is 0.506 e. The smallest absolute Gasteiger partial charge is 0.143 e. The van der Waals surface area contributed by atoms with Gasteiger partial charge in [-0.2, -0.15) is 0 Å². The Morgan fingerprint density at radius 3 is 2.21 bits per heavy atom. The molecule has 0 spiro atoms. The van der Waals surface area contributed by atoms with Crippen molar-refractivity contribution in [3.63, 3.8) is 0 Å². The van der Waals surface area contributed by atoms with E-state index in [0.29, 0.717) is 15.5 Å². The van der Waals surface area contributed by atoms with E-state index in [-0.39, 0.29) is 5.75 Å². The lowest BCUT2D eigenvalue weighted by atomic mass is 10.2. The molecule has 0 unspecified atom stereocenters. The third kappa shape index (κ3) is 3.64. The molecule has 100 valence electrons. The van der Waals surface area contributed by atoms with Crippen molar-refractivity contribution in [1.82, 2.24) is 0 Å². The van der Waals surface area contributed by atoms with E-state index in [9.17, 15) is 5.11 Å². The first-order valence-corrected chi connectivity index (χ1v) is 7.23. The van der Waals surface area contributed by atoms with Gasteiger partial charge in [0.1, 0.15) is 11.5 Å². The van der Waals surface area contributed by atoms with Gasteiger partial charge in [-0.05, 0) is 73.8 Å². The van der Waals surface area contributed by atoms with Gasteiger partial charge in [-0.1, -0.05) is 0 Å². The fourth-order valence-electron chi connectivity index (χ4n) is 1.63. The van der Waals surface area contributed by atoms with Gasteiger partial charge in [-0.3, -0.25) is 0 Å². The van der Waals surface area contributed by atoms with E-state index < -0.39 is 0 Å². The Bertz CT molecular complexity index is 547. The first-order chi connectivity index (χ1) is 9.10. The summed E-state index contributed by atoms with van der Waals surface area (Å²) in [6.45, 7) is 0.670. The third-order valence-corrected chi connectivity index (χ3v) is 3.87. The number of halogens is 2. The lowest BCUT2D eigenvalue weighted by molar-refractivity contribution is 0.415. The summed E-state index contributed by atoms with van der Waals surface area (Å²) in [5.41, 5.74) is 2.08. The number of hydrogen-bond acceptors (Lipinski definition) is 3. The standard InChI is InChI=1S/C14H13Br2NO2/c1-19-11-4-2-10(3-5-11)17-8-9-6-12(15)14(18)13(16)7-9/h2-7,17-18H,8H2,1H3. The van der Waals surface area contributed by atoms with E-state index in [1.165, 1.54) is 0 Å². The predicted octanol–water partition coefficient (Wildman–Crippen LogP) is 4.54. The van der Waals surface area contributed by atoms with Crippen LogP contribution in [0, 0.1) is 0 Å². The molecule has 0 aliphatic carbocycles. The second-order valence-corrected chi connectivity index (χ2v) is 5.70. The van der Waals surface area contributed by atoms with E-state index in [4.69, 9.17) is 4.74 Å². The summed E-state index contributed by atoms with van der Waals surface area (Å²) in [6.07, 6.45) is 0. The first kappa shape index (κ1) is 14.2. The highest BCUT2D eigenvalue weighted by Gasteiger charge is 2.05. The number of phenols is 1. The molecule has 0 aliphatic heterocycles. The van der Waals surface area contributed by atoms with E-state index in [1.54, 1.807) is 7.11 Å². The molecule has 0 saturated carbocycles. The molecule has 0 bridgehead atoms. The monoisotopic (exact) mass is 385 g/mol. The normalized spacial score (nSPS) is 10.3. The number of methoxy groups -OCH3 is 1. The lowest BCUT2D eigenvalue weighted by Crippen LogP contribution is -1.99. The van der Waals surface area contributed by atoms with Crippen molar-refractivity contribution < 1.29 is 9.84 Å². The number of rotatable bonds is 4. The van der Waals surface area contributed by atoms with Crippen LogP contribution in [0.25, 0.3) is 0 Å². The SMILES string of the molecule is COc1ccc(NCc2cc(Br)c(O)c(Br)c2)cc1. The molecule has 0 amide bonds. The summed E-state index contributed by atoms with van der Waals surface area (Å²) >= 11 is 6.64. The topological polar surface area (TPSA) is 41.5 Å². The van der Waals surface area contributed by atoms with Crippen LogP contribution in [-0.4, -0.2) is 12.2 Å². The number of aromatic hydroxyl groups is 1. The van der Waals surface area contributed by atoms with Crippen molar-refractivity contribution in [3.05, 3.63) is 50.9 Å². The highest BCUT2D eigenvalue weighted by molar-refractivity contribution is 9.11. The van der Waals surface area contributed by atoms with Crippen molar-refractivity contribution in [1.29, 1.82) is 0 Å². The fourth-order valence-corrected chi connectivity index (χ4v) is 2.91. The van der Waals surface area contributed by atoms with Gasteiger partial charge < -0.3 is 15.2 Å². The van der Waals surface area contributed by atoms with Gasteiger partial charge in [0.25, 0.3) is 0 Å². The average molecular weight is 387 g/mol. The van der Waals surface area contributed by atoms with Crippen LogP contribution in [0.15, 0.2) is 45.3 Å². The Morgan fingerprint density at radius 1 is 1.11 bits per heavy atom. The molecule has 0 saturated heterocycles. The number of anilines is 1.